The van der Waals surface area contributed by atoms with Crippen molar-refractivity contribution in [3.63, 3.8) is 0 Å². The predicted molar refractivity (Wildman–Crippen MR) is 51.6 cm³/mol. The highest BCUT2D eigenvalue weighted by molar-refractivity contribution is 5.78. The summed E-state index contributed by atoms with van der Waals surface area (Å²) >= 11 is 0. The molecule has 0 spiro atoms. The molecule has 0 aliphatic rings. The second-order valence-corrected chi connectivity index (χ2v) is 3.33. The summed E-state index contributed by atoms with van der Waals surface area (Å²) in [5.74, 6) is -2.81. The van der Waals surface area contributed by atoms with Crippen LogP contribution in [0.3, 0.4) is 0 Å². The topological polar surface area (TPSA) is 127 Å². The molecule has 0 aromatic heterocycles. The van der Waals surface area contributed by atoms with E-state index in [1.807, 2.05) is 0 Å². The van der Waals surface area contributed by atoms with E-state index >= 15 is 0 Å². The molecule has 7 heteroatoms. The number of hydrogen-bond donors (Lipinski definition) is 3. The molecule has 0 fully saturated rings. The van der Waals surface area contributed by atoms with Crippen molar-refractivity contribution in [1.82, 2.24) is 4.90 Å². The van der Waals surface area contributed by atoms with Gasteiger partial charge >= 0.3 is 5.97 Å². The van der Waals surface area contributed by atoms with E-state index in [0.29, 0.717) is 0 Å². The molecular formula is C8H15N3O4. The Hall–Kier alpha value is -1.63. The molecule has 0 aromatic carbocycles. The number of carboxylic acid groups (broad SMARTS) is 1. The van der Waals surface area contributed by atoms with Crippen LogP contribution >= 0.6 is 0 Å². The van der Waals surface area contributed by atoms with Gasteiger partial charge in [-0.15, -0.1) is 0 Å². The SMILES string of the molecule is CC(CN(CC(N)=O)CC(=O)O)C(N)=O. The number of carboxylic acids is 1. The molecule has 0 saturated heterocycles. The number of amides is 2. The van der Waals surface area contributed by atoms with Crippen LogP contribution in [-0.2, 0) is 14.4 Å². The monoisotopic (exact) mass is 217 g/mol. The van der Waals surface area contributed by atoms with E-state index in [0.717, 1.165) is 0 Å². The first-order valence-corrected chi connectivity index (χ1v) is 4.34. The average Bonchev–Trinajstić information content (AvgIpc) is 2.00. The molecular weight excluding hydrogens is 202 g/mol. The van der Waals surface area contributed by atoms with Gasteiger partial charge in [0.25, 0.3) is 0 Å². The Kier molecular flexibility index (Phi) is 5.32. The van der Waals surface area contributed by atoms with Crippen LogP contribution < -0.4 is 11.5 Å². The van der Waals surface area contributed by atoms with Crippen molar-refractivity contribution in [1.29, 1.82) is 0 Å². The van der Waals surface area contributed by atoms with Crippen molar-refractivity contribution in [3.05, 3.63) is 0 Å². The van der Waals surface area contributed by atoms with Gasteiger partial charge in [0.2, 0.25) is 11.8 Å². The molecule has 0 aromatic rings. The summed E-state index contributed by atoms with van der Waals surface area (Å²) in [6.07, 6.45) is 0. The minimum Gasteiger partial charge on any atom is -0.480 e. The van der Waals surface area contributed by atoms with Crippen molar-refractivity contribution in [2.45, 2.75) is 6.92 Å². The zero-order valence-electron chi connectivity index (χ0n) is 8.47. The lowest BCUT2D eigenvalue weighted by Crippen LogP contribution is -2.42. The van der Waals surface area contributed by atoms with Crippen LogP contribution in [0.4, 0.5) is 0 Å². The van der Waals surface area contributed by atoms with Crippen LogP contribution in [0.2, 0.25) is 0 Å². The maximum absolute atomic E-state index is 10.7. The summed E-state index contributed by atoms with van der Waals surface area (Å²) in [5, 5.41) is 8.54. The highest BCUT2D eigenvalue weighted by Gasteiger charge is 2.18. The first-order chi connectivity index (χ1) is 6.82. The third kappa shape index (κ3) is 6.44. The Balaban J connectivity index is 4.29. The van der Waals surface area contributed by atoms with Gasteiger partial charge in [-0.3, -0.25) is 19.3 Å². The molecule has 0 aliphatic carbocycles. The lowest BCUT2D eigenvalue weighted by molar-refractivity contribution is -0.139. The van der Waals surface area contributed by atoms with Crippen LogP contribution in [0.1, 0.15) is 6.92 Å². The van der Waals surface area contributed by atoms with E-state index in [1.165, 1.54) is 4.90 Å². The number of carbonyl (C=O) groups excluding carboxylic acids is 2. The van der Waals surface area contributed by atoms with Gasteiger partial charge in [0, 0.05) is 12.5 Å². The molecule has 0 radical (unpaired) electrons. The Bertz CT molecular complexity index is 251. The molecule has 86 valence electrons. The number of primary amides is 2. The normalized spacial score (nSPS) is 12.4. The van der Waals surface area contributed by atoms with E-state index < -0.39 is 23.7 Å². The summed E-state index contributed by atoms with van der Waals surface area (Å²) < 4.78 is 0. The molecule has 5 N–H and O–H groups in total. The largest absolute Gasteiger partial charge is 0.480 e. The fourth-order valence-corrected chi connectivity index (χ4v) is 1.07. The fourth-order valence-electron chi connectivity index (χ4n) is 1.07. The standard InChI is InChI=1S/C8H15N3O4/c1-5(8(10)15)2-11(3-6(9)12)4-7(13)14/h5H,2-4H2,1H3,(H2,9,12)(H2,10,15)(H,13,14). The highest BCUT2D eigenvalue weighted by Crippen LogP contribution is 1.98. The fraction of sp³-hybridized carbons (Fsp3) is 0.625. The summed E-state index contributed by atoms with van der Waals surface area (Å²) in [6, 6.07) is 0. The minimum atomic E-state index is -1.09. The number of aliphatic carboxylic acids is 1. The number of nitrogens with two attached hydrogens (primary N) is 2. The van der Waals surface area contributed by atoms with Gasteiger partial charge in [-0.1, -0.05) is 6.92 Å². The molecule has 1 atom stereocenters. The van der Waals surface area contributed by atoms with Gasteiger partial charge < -0.3 is 16.6 Å². The molecule has 0 aliphatic heterocycles. The van der Waals surface area contributed by atoms with E-state index in [2.05, 4.69) is 0 Å². The summed E-state index contributed by atoms with van der Waals surface area (Å²) in [5.41, 5.74) is 9.95. The van der Waals surface area contributed by atoms with Gasteiger partial charge in [-0.05, 0) is 0 Å². The van der Waals surface area contributed by atoms with E-state index in [-0.39, 0.29) is 19.6 Å². The maximum Gasteiger partial charge on any atom is 0.317 e. The molecule has 0 heterocycles. The zero-order chi connectivity index (χ0) is 12.0. The second-order valence-electron chi connectivity index (χ2n) is 3.33. The first-order valence-electron chi connectivity index (χ1n) is 4.34. The number of hydrogen-bond acceptors (Lipinski definition) is 4. The van der Waals surface area contributed by atoms with Crippen molar-refractivity contribution in [2.75, 3.05) is 19.6 Å². The zero-order valence-corrected chi connectivity index (χ0v) is 8.47. The molecule has 2 amide bonds. The van der Waals surface area contributed by atoms with Crippen LogP contribution in [0, 0.1) is 5.92 Å². The minimum absolute atomic E-state index is 0.102. The van der Waals surface area contributed by atoms with Gasteiger partial charge in [0.15, 0.2) is 0 Å². The highest BCUT2D eigenvalue weighted by atomic mass is 16.4. The van der Waals surface area contributed by atoms with Gasteiger partial charge in [0.05, 0.1) is 13.1 Å². The van der Waals surface area contributed by atoms with Crippen molar-refractivity contribution in [2.24, 2.45) is 17.4 Å². The first kappa shape index (κ1) is 13.4. The van der Waals surface area contributed by atoms with Gasteiger partial charge in [0.1, 0.15) is 0 Å². The third-order valence-electron chi connectivity index (χ3n) is 1.76. The van der Waals surface area contributed by atoms with Crippen LogP contribution in [-0.4, -0.2) is 47.4 Å². The summed E-state index contributed by atoms with van der Waals surface area (Å²) in [4.78, 5) is 33.0. The lowest BCUT2D eigenvalue weighted by Gasteiger charge is -2.20. The molecule has 0 saturated carbocycles. The number of nitrogens with zero attached hydrogens (tertiary/aromatic N) is 1. The molecule has 1 unspecified atom stereocenters. The Labute approximate surface area is 87.0 Å². The van der Waals surface area contributed by atoms with Crippen LogP contribution in [0.15, 0.2) is 0 Å². The van der Waals surface area contributed by atoms with Gasteiger partial charge in [-0.25, -0.2) is 0 Å². The van der Waals surface area contributed by atoms with Crippen molar-refractivity contribution in [3.8, 4) is 0 Å². The Morgan fingerprint density at radius 2 is 1.80 bits per heavy atom. The van der Waals surface area contributed by atoms with Gasteiger partial charge in [-0.2, -0.15) is 0 Å². The molecule has 7 nitrogen and oxygen atoms in total. The van der Waals surface area contributed by atoms with Crippen molar-refractivity contribution >= 4 is 17.8 Å². The third-order valence-corrected chi connectivity index (χ3v) is 1.76. The predicted octanol–water partition coefficient (Wildman–Crippen LogP) is -2.02. The van der Waals surface area contributed by atoms with Crippen LogP contribution in [0.25, 0.3) is 0 Å². The van der Waals surface area contributed by atoms with Crippen LogP contribution in [0.5, 0.6) is 0 Å². The summed E-state index contributed by atoms with van der Waals surface area (Å²) in [7, 11) is 0. The summed E-state index contributed by atoms with van der Waals surface area (Å²) in [6.45, 7) is 1.10. The molecule has 0 rings (SSSR count). The average molecular weight is 217 g/mol. The lowest BCUT2D eigenvalue weighted by atomic mass is 10.1. The van der Waals surface area contributed by atoms with Crippen molar-refractivity contribution < 1.29 is 19.5 Å². The quantitative estimate of drug-likeness (QED) is 0.453. The smallest absolute Gasteiger partial charge is 0.317 e. The number of carbonyl (C=O) groups is 3. The van der Waals surface area contributed by atoms with E-state index in [9.17, 15) is 14.4 Å². The van der Waals surface area contributed by atoms with E-state index in [1.54, 1.807) is 6.92 Å². The maximum atomic E-state index is 10.7. The molecule has 15 heavy (non-hydrogen) atoms. The second kappa shape index (κ2) is 5.97. The Morgan fingerprint density at radius 1 is 1.27 bits per heavy atom. The van der Waals surface area contributed by atoms with E-state index in [4.69, 9.17) is 16.6 Å². The number of rotatable bonds is 7. The molecule has 0 bridgehead atoms. The Morgan fingerprint density at radius 3 is 2.13 bits per heavy atom.